The summed E-state index contributed by atoms with van der Waals surface area (Å²) < 4.78 is 0. The Bertz CT molecular complexity index is 437. The van der Waals surface area contributed by atoms with Crippen molar-refractivity contribution in [2.75, 3.05) is 0 Å². The van der Waals surface area contributed by atoms with E-state index >= 15 is 0 Å². The lowest BCUT2D eigenvalue weighted by molar-refractivity contribution is -0.139. The number of amides is 1. The molecule has 2 N–H and O–H groups in total. The zero-order valence-corrected chi connectivity index (χ0v) is 10.8. The summed E-state index contributed by atoms with van der Waals surface area (Å²) in [4.78, 5) is 26.6. The standard InChI is InChI=1S/C12H15ClN2O3/c1-2-3-4-9(12(17)18)15-11(16)10-7-8(13)5-6-14-10/h5-7,9H,2-4H2,1H3,(H,15,16)(H,17,18)/t9-/m0/s1. The molecule has 6 heteroatoms. The van der Waals surface area contributed by atoms with Crippen LogP contribution < -0.4 is 5.32 Å². The molecule has 1 rings (SSSR count). The summed E-state index contributed by atoms with van der Waals surface area (Å²) in [5.74, 6) is -1.57. The van der Waals surface area contributed by atoms with Gasteiger partial charge in [-0.1, -0.05) is 31.4 Å². The van der Waals surface area contributed by atoms with Crippen molar-refractivity contribution in [1.29, 1.82) is 0 Å². The van der Waals surface area contributed by atoms with Gasteiger partial charge >= 0.3 is 5.97 Å². The predicted molar refractivity (Wildman–Crippen MR) is 67.7 cm³/mol. The molecule has 0 aliphatic rings. The van der Waals surface area contributed by atoms with Crippen molar-refractivity contribution in [3.05, 3.63) is 29.0 Å². The van der Waals surface area contributed by atoms with E-state index in [1.807, 2.05) is 6.92 Å². The van der Waals surface area contributed by atoms with Gasteiger partial charge in [0.05, 0.1) is 0 Å². The smallest absolute Gasteiger partial charge is 0.326 e. The molecule has 0 spiro atoms. The Morgan fingerprint density at radius 2 is 2.28 bits per heavy atom. The molecule has 1 heterocycles. The number of aliphatic carboxylic acids is 1. The highest BCUT2D eigenvalue weighted by Crippen LogP contribution is 2.09. The number of carbonyl (C=O) groups is 2. The number of unbranched alkanes of at least 4 members (excludes halogenated alkanes) is 1. The molecule has 0 aromatic carbocycles. The van der Waals surface area contributed by atoms with Crippen LogP contribution in [0.15, 0.2) is 18.3 Å². The molecular formula is C12H15ClN2O3. The Kier molecular flexibility index (Phi) is 5.58. The number of nitrogens with one attached hydrogen (secondary N) is 1. The summed E-state index contributed by atoms with van der Waals surface area (Å²) in [6.07, 6.45) is 3.41. The number of rotatable bonds is 6. The first-order chi connectivity index (χ1) is 8.54. The highest BCUT2D eigenvalue weighted by atomic mass is 35.5. The van der Waals surface area contributed by atoms with E-state index in [0.29, 0.717) is 11.4 Å². The molecule has 0 fully saturated rings. The van der Waals surface area contributed by atoms with E-state index in [1.54, 1.807) is 6.07 Å². The molecule has 1 amide bonds. The summed E-state index contributed by atoms with van der Waals surface area (Å²) in [6.45, 7) is 1.96. The van der Waals surface area contributed by atoms with Gasteiger partial charge < -0.3 is 10.4 Å². The number of hydrogen-bond donors (Lipinski definition) is 2. The lowest BCUT2D eigenvalue weighted by Gasteiger charge is -2.13. The van der Waals surface area contributed by atoms with Crippen LogP contribution in [-0.2, 0) is 4.79 Å². The fraction of sp³-hybridized carbons (Fsp3) is 0.417. The Morgan fingerprint density at radius 3 is 2.83 bits per heavy atom. The van der Waals surface area contributed by atoms with E-state index in [-0.39, 0.29) is 5.69 Å². The summed E-state index contributed by atoms with van der Waals surface area (Å²) in [7, 11) is 0. The summed E-state index contributed by atoms with van der Waals surface area (Å²) in [6, 6.07) is 2.05. The van der Waals surface area contributed by atoms with E-state index in [0.717, 1.165) is 12.8 Å². The average molecular weight is 271 g/mol. The Labute approximate surface area is 110 Å². The second-order valence-electron chi connectivity index (χ2n) is 3.87. The number of carboxylic acids is 1. The van der Waals surface area contributed by atoms with Crippen LogP contribution in [0, 0.1) is 0 Å². The molecule has 1 aromatic heterocycles. The summed E-state index contributed by atoms with van der Waals surface area (Å²) in [5.41, 5.74) is 0.116. The van der Waals surface area contributed by atoms with E-state index < -0.39 is 17.9 Å². The molecule has 5 nitrogen and oxygen atoms in total. The molecule has 0 unspecified atom stereocenters. The molecule has 0 saturated carbocycles. The minimum Gasteiger partial charge on any atom is -0.480 e. The Balaban J connectivity index is 2.69. The van der Waals surface area contributed by atoms with E-state index in [1.165, 1.54) is 12.3 Å². The minimum atomic E-state index is -1.04. The van der Waals surface area contributed by atoms with Crippen LogP contribution in [0.25, 0.3) is 0 Å². The highest BCUT2D eigenvalue weighted by Gasteiger charge is 2.20. The first-order valence-corrected chi connectivity index (χ1v) is 6.07. The van der Waals surface area contributed by atoms with E-state index in [9.17, 15) is 9.59 Å². The van der Waals surface area contributed by atoms with Gasteiger partial charge in [0.25, 0.3) is 5.91 Å². The third-order valence-electron chi connectivity index (χ3n) is 2.40. The van der Waals surface area contributed by atoms with Gasteiger partial charge in [-0.2, -0.15) is 0 Å². The molecule has 0 bridgehead atoms. The predicted octanol–water partition coefficient (Wildman–Crippen LogP) is 2.11. The molecular weight excluding hydrogens is 256 g/mol. The molecule has 98 valence electrons. The maximum Gasteiger partial charge on any atom is 0.326 e. The number of carboxylic acid groups (broad SMARTS) is 1. The van der Waals surface area contributed by atoms with Gasteiger partial charge in [0.1, 0.15) is 11.7 Å². The monoisotopic (exact) mass is 270 g/mol. The molecule has 18 heavy (non-hydrogen) atoms. The third-order valence-corrected chi connectivity index (χ3v) is 2.64. The van der Waals surface area contributed by atoms with Crippen molar-refractivity contribution in [2.45, 2.75) is 32.2 Å². The topological polar surface area (TPSA) is 79.3 Å². The van der Waals surface area contributed by atoms with Gasteiger partial charge in [0.15, 0.2) is 0 Å². The van der Waals surface area contributed by atoms with Gasteiger partial charge in [-0.3, -0.25) is 9.78 Å². The fourth-order valence-corrected chi connectivity index (χ4v) is 1.59. The zero-order chi connectivity index (χ0) is 13.5. The van der Waals surface area contributed by atoms with Crippen molar-refractivity contribution in [2.24, 2.45) is 0 Å². The number of halogens is 1. The lowest BCUT2D eigenvalue weighted by Crippen LogP contribution is -2.41. The molecule has 0 aliphatic heterocycles. The van der Waals surface area contributed by atoms with Crippen molar-refractivity contribution >= 4 is 23.5 Å². The van der Waals surface area contributed by atoms with Crippen LogP contribution in [0.4, 0.5) is 0 Å². The molecule has 0 radical (unpaired) electrons. The first kappa shape index (κ1) is 14.4. The second-order valence-corrected chi connectivity index (χ2v) is 4.30. The van der Waals surface area contributed by atoms with Crippen LogP contribution in [0.1, 0.15) is 36.7 Å². The largest absolute Gasteiger partial charge is 0.480 e. The molecule has 0 saturated heterocycles. The SMILES string of the molecule is CCCC[C@H](NC(=O)c1cc(Cl)ccn1)C(=O)O. The van der Waals surface area contributed by atoms with Crippen molar-refractivity contribution < 1.29 is 14.7 Å². The van der Waals surface area contributed by atoms with Crippen molar-refractivity contribution in [3.63, 3.8) is 0 Å². The Hall–Kier alpha value is -1.62. The van der Waals surface area contributed by atoms with Crippen LogP contribution in [0.3, 0.4) is 0 Å². The minimum absolute atomic E-state index is 0.116. The van der Waals surface area contributed by atoms with Crippen molar-refractivity contribution in [1.82, 2.24) is 10.3 Å². The van der Waals surface area contributed by atoms with E-state index in [4.69, 9.17) is 16.7 Å². The molecule has 0 aliphatic carbocycles. The second kappa shape index (κ2) is 6.96. The number of carbonyl (C=O) groups excluding carboxylic acids is 1. The number of nitrogens with zero attached hydrogens (tertiary/aromatic N) is 1. The van der Waals surface area contributed by atoms with Crippen LogP contribution >= 0.6 is 11.6 Å². The zero-order valence-electron chi connectivity index (χ0n) is 10.0. The van der Waals surface area contributed by atoms with Crippen LogP contribution in [0.2, 0.25) is 5.02 Å². The maximum absolute atomic E-state index is 11.8. The Morgan fingerprint density at radius 1 is 1.56 bits per heavy atom. The maximum atomic E-state index is 11.8. The van der Waals surface area contributed by atoms with Gasteiger partial charge in [0, 0.05) is 11.2 Å². The molecule has 1 aromatic rings. The lowest BCUT2D eigenvalue weighted by atomic mass is 10.1. The van der Waals surface area contributed by atoms with Gasteiger partial charge in [-0.25, -0.2) is 4.79 Å². The summed E-state index contributed by atoms with van der Waals surface area (Å²) in [5, 5.41) is 11.8. The average Bonchev–Trinajstić information content (AvgIpc) is 2.33. The number of aromatic nitrogens is 1. The van der Waals surface area contributed by atoms with Gasteiger partial charge in [-0.05, 0) is 18.6 Å². The van der Waals surface area contributed by atoms with Gasteiger partial charge in [-0.15, -0.1) is 0 Å². The third kappa shape index (κ3) is 4.33. The van der Waals surface area contributed by atoms with E-state index in [2.05, 4.69) is 10.3 Å². The molecule has 1 atom stereocenters. The van der Waals surface area contributed by atoms with Crippen molar-refractivity contribution in [3.8, 4) is 0 Å². The fourth-order valence-electron chi connectivity index (χ4n) is 1.43. The van der Waals surface area contributed by atoms with Crippen LogP contribution in [0.5, 0.6) is 0 Å². The normalized spacial score (nSPS) is 11.9. The van der Waals surface area contributed by atoms with Gasteiger partial charge in [0.2, 0.25) is 0 Å². The number of hydrogen-bond acceptors (Lipinski definition) is 3. The summed E-state index contributed by atoms with van der Waals surface area (Å²) >= 11 is 5.74. The highest BCUT2D eigenvalue weighted by molar-refractivity contribution is 6.30. The van der Waals surface area contributed by atoms with Crippen LogP contribution in [-0.4, -0.2) is 28.0 Å². The first-order valence-electron chi connectivity index (χ1n) is 5.69. The number of pyridine rings is 1. The quantitative estimate of drug-likeness (QED) is 0.830.